The Hall–Kier alpha value is -0.600. The van der Waals surface area contributed by atoms with Gasteiger partial charge in [-0.25, -0.2) is 0 Å². The van der Waals surface area contributed by atoms with Crippen molar-refractivity contribution in [2.75, 3.05) is 0 Å². The van der Waals surface area contributed by atoms with Crippen molar-refractivity contribution in [1.29, 1.82) is 0 Å². The Morgan fingerprint density at radius 1 is 1.67 bits per heavy atom. The summed E-state index contributed by atoms with van der Waals surface area (Å²) in [5.41, 5.74) is 6.83. The molecule has 0 saturated carbocycles. The van der Waals surface area contributed by atoms with Crippen LogP contribution in [-0.2, 0) is 0 Å². The van der Waals surface area contributed by atoms with Gasteiger partial charge in [-0.3, -0.25) is 4.98 Å². The van der Waals surface area contributed by atoms with Gasteiger partial charge >= 0.3 is 0 Å². The van der Waals surface area contributed by atoms with Gasteiger partial charge in [0.1, 0.15) is 0 Å². The van der Waals surface area contributed by atoms with Crippen LogP contribution in [0.3, 0.4) is 0 Å². The van der Waals surface area contributed by atoms with E-state index in [1.54, 1.807) is 18.5 Å². The van der Waals surface area contributed by atoms with E-state index in [1.165, 1.54) is 0 Å². The molecule has 0 radical (unpaired) electrons. The molecule has 0 aliphatic rings. The molecule has 0 aliphatic heterocycles. The van der Waals surface area contributed by atoms with E-state index in [4.69, 9.17) is 17.3 Å². The maximum atomic E-state index is 5.93. The summed E-state index contributed by atoms with van der Waals surface area (Å²) in [5.74, 6) is 0. The normalized spacial score (nSPS) is 12.9. The fraction of sp³-hybridized carbons (Fsp3) is 0.444. The highest BCUT2D eigenvalue weighted by Crippen LogP contribution is 2.22. The van der Waals surface area contributed by atoms with Gasteiger partial charge in [0.05, 0.1) is 0 Å². The van der Waals surface area contributed by atoms with E-state index in [0.29, 0.717) is 5.02 Å². The molecule has 3 heteroatoms. The lowest BCUT2D eigenvalue weighted by Crippen LogP contribution is -2.10. The molecule has 1 aromatic rings. The Kier molecular flexibility index (Phi) is 3.50. The molecular formula is C9H13ClN2. The SMILES string of the molecule is CCC[C@@H](N)c1cnccc1Cl. The topological polar surface area (TPSA) is 38.9 Å². The van der Waals surface area contributed by atoms with Crippen molar-refractivity contribution < 1.29 is 0 Å². The van der Waals surface area contributed by atoms with Crippen LogP contribution in [-0.4, -0.2) is 4.98 Å². The largest absolute Gasteiger partial charge is 0.324 e. The lowest BCUT2D eigenvalue weighted by Gasteiger charge is -2.10. The lowest BCUT2D eigenvalue weighted by molar-refractivity contribution is 0.636. The van der Waals surface area contributed by atoms with Gasteiger partial charge in [0.25, 0.3) is 0 Å². The minimum atomic E-state index is 0.0243. The van der Waals surface area contributed by atoms with Crippen LogP contribution in [0.25, 0.3) is 0 Å². The summed E-state index contributed by atoms with van der Waals surface area (Å²) in [4.78, 5) is 3.98. The fourth-order valence-corrected chi connectivity index (χ4v) is 1.37. The first kappa shape index (κ1) is 9.49. The maximum absolute atomic E-state index is 5.93. The van der Waals surface area contributed by atoms with Crippen molar-refractivity contribution in [3.63, 3.8) is 0 Å². The Bertz CT molecular complexity index is 250. The quantitative estimate of drug-likeness (QED) is 0.784. The maximum Gasteiger partial charge on any atom is 0.0484 e. The van der Waals surface area contributed by atoms with Gasteiger partial charge in [0.2, 0.25) is 0 Å². The number of halogens is 1. The zero-order valence-electron chi connectivity index (χ0n) is 7.13. The second-order valence-electron chi connectivity index (χ2n) is 2.79. The molecule has 2 N–H and O–H groups in total. The van der Waals surface area contributed by atoms with Crippen molar-refractivity contribution in [1.82, 2.24) is 4.98 Å². The van der Waals surface area contributed by atoms with Crippen LogP contribution in [0.4, 0.5) is 0 Å². The molecule has 0 aliphatic carbocycles. The van der Waals surface area contributed by atoms with Gasteiger partial charge in [0.15, 0.2) is 0 Å². The fourth-order valence-electron chi connectivity index (χ4n) is 1.13. The minimum Gasteiger partial charge on any atom is -0.324 e. The number of nitrogens with zero attached hydrogens (tertiary/aromatic N) is 1. The van der Waals surface area contributed by atoms with E-state index in [-0.39, 0.29) is 6.04 Å². The van der Waals surface area contributed by atoms with E-state index in [0.717, 1.165) is 18.4 Å². The van der Waals surface area contributed by atoms with Gasteiger partial charge in [0, 0.05) is 29.0 Å². The first-order valence-electron chi connectivity index (χ1n) is 4.10. The van der Waals surface area contributed by atoms with Crippen LogP contribution < -0.4 is 5.73 Å². The predicted octanol–water partition coefficient (Wildman–Crippen LogP) is 2.53. The van der Waals surface area contributed by atoms with Crippen LogP contribution in [0.15, 0.2) is 18.5 Å². The summed E-state index contributed by atoms with van der Waals surface area (Å²) in [5, 5.41) is 0.714. The van der Waals surface area contributed by atoms with E-state index in [9.17, 15) is 0 Å². The minimum absolute atomic E-state index is 0.0243. The highest BCUT2D eigenvalue weighted by atomic mass is 35.5. The molecule has 0 aromatic carbocycles. The molecule has 12 heavy (non-hydrogen) atoms. The zero-order chi connectivity index (χ0) is 8.97. The van der Waals surface area contributed by atoms with Crippen LogP contribution in [0, 0.1) is 0 Å². The molecule has 66 valence electrons. The number of rotatable bonds is 3. The smallest absolute Gasteiger partial charge is 0.0484 e. The second kappa shape index (κ2) is 4.43. The summed E-state index contributed by atoms with van der Waals surface area (Å²) in [7, 11) is 0. The summed E-state index contributed by atoms with van der Waals surface area (Å²) in [6.07, 6.45) is 5.42. The molecule has 0 unspecified atom stereocenters. The van der Waals surface area contributed by atoms with Gasteiger partial charge in [-0.15, -0.1) is 0 Å². The zero-order valence-corrected chi connectivity index (χ0v) is 7.88. The average Bonchev–Trinajstić information content (AvgIpc) is 2.05. The lowest BCUT2D eigenvalue weighted by atomic mass is 10.1. The summed E-state index contributed by atoms with van der Waals surface area (Å²) in [6, 6.07) is 1.79. The third-order valence-electron chi connectivity index (χ3n) is 1.80. The highest BCUT2D eigenvalue weighted by molar-refractivity contribution is 6.31. The Balaban J connectivity index is 2.79. The number of pyridine rings is 1. The van der Waals surface area contributed by atoms with Crippen LogP contribution >= 0.6 is 11.6 Å². The van der Waals surface area contributed by atoms with Crippen molar-refractivity contribution in [3.8, 4) is 0 Å². The Morgan fingerprint density at radius 2 is 2.42 bits per heavy atom. The molecule has 0 bridgehead atoms. The monoisotopic (exact) mass is 184 g/mol. The van der Waals surface area contributed by atoms with E-state index in [2.05, 4.69) is 11.9 Å². The van der Waals surface area contributed by atoms with Crippen LogP contribution in [0.2, 0.25) is 5.02 Å². The van der Waals surface area contributed by atoms with Crippen LogP contribution in [0.1, 0.15) is 31.4 Å². The average molecular weight is 185 g/mol. The van der Waals surface area contributed by atoms with Crippen molar-refractivity contribution >= 4 is 11.6 Å². The predicted molar refractivity (Wildman–Crippen MR) is 51.1 cm³/mol. The number of hydrogen-bond donors (Lipinski definition) is 1. The highest BCUT2D eigenvalue weighted by Gasteiger charge is 2.07. The molecule has 1 rings (SSSR count). The standard InChI is InChI=1S/C9H13ClN2/c1-2-3-9(11)7-6-12-5-4-8(7)10/h4-6,9H,2-3,11H2,1H3/t9-/m1/s1. The molecule has 0 fully saturated rings. The van der Waals surface area contributed by atoms with Gasteiger partial charge in [-0.1, -0.05) is 24.9 Å². The van der Waals surface area contributed by atoms with Gasteiger partial charge < -0.3 is 5.73 Å². The van der Waals surface area contributed by atoms with E-state index < -0.39 is 0 Å². The van der Waals surface area contributed by atoms with Crippen LogP contribution in [0.5, 0.6) is 0 Å². The summed E-state index contributed by atoms with van der Waals surface area (Å²) < 4.78 is 0. The molecular weight excluding hydrogens is 172 g/mol. The number of aromatic nitrogens is 1. The first-order valence-corrected chi connectivity index (χ1v) is 4.48. The summed E-state index contributed by atoms with van der Waals surface area (Å²) >= 11 is 5.93. The molecule has 1 atom stereocenters. The van der Waals surface area contributed by atoms with Crippen molar-refractivity contribution in [3.05, 3.63) is 29.0 Å². The van der Waals surface area contributed by atoms with Gasteiger partial charge in [-0.2, -0.15) is 0 Å². The molecule has 0 amide bonds. The molecule has 1 aromatic heterocycles. The van der Waals surface area contributed by atoms with Gasteiger partial charge in [-0.05, 0) is 12.5 Å². The van der Waals surface area contributed by atoms with E-state index >= 15 is 0 Å². The summed E-state index contributed by atoms with van der Waals surface area (Å²) in [6.45, 7) is 2.10. The van der Waals surface area contributed by atoms with Crippen molar-refractivity contribution in [2.24, 2.45) is 5.73 Å². The molecule has 0 saturated heterocycles. The van der Waals surface area contributed by atoms with E-state index in [1.807, 2.05) is 0 Å². The third kappa shape index (κ3) is 2.19. The number of nitrogens with two attached hydrogens (primary N) is 1. The third-order valence-corrected chi connectivity index (χ3v) is 2.14. The molecule has 2 nitrogen and oxygen atoms in total. The Labute approximate surface area is 77.8 Å². The molecule has 0 spiro atoms. The van der Waals surface area contributed by atoms with Crippen molar-refractivity contribution in [2.45, 2.75) is 25.8 Å². The molecule has 1 heterocycles. The second-order valence-corrected chi connectivity index (χ2v) is 3.20. The number of hydrogen-bond acceptors (Lipinski definition) is 2. The Morgan fingerprint density at radius 3 is 3.00 bits per heavy atom. The first-order chi connectivity index (χ1) is 5.75.